The van der Waals surface area contributed by atoms with E-state index in [0.717, 1.165) is 27.5 Å². The maximum atomic E-state index is 11.4. The van der Waals surface area contributed by atoms with Gasteiger partial charge in [0.25, 0.3) is 0 Å². The van der Waals surface area contributed by atoms with Crippen molar-refractivity contribution in [3.8, 4) is 17.0 Å². The minimum Gasteiger partial charge on any atom is -0.494 e. The van der Waals surface area contributed by atoms with Crippen LogP contribution in [0.4, 0.5) is 0 Å². The Labute approximate surface area is 136 Å². The third kappa shape index (κ3) is 2.00. The average Bonchev–Trinajstić information content (AvgIpc) is 3.04. The minimum atomic E-state index is -1.00. The van der Waals surface area contributed by atoms with Gasteiger partial charge in [-0.3, -0.25) is 10.1 Å². The van der Waals surface area contributed by atoms with Gasteiger partial charge in [0.05, 0.1) is 18.4 Å². The zero-order valence-corrected chi connectivity index (χ0v) is 12.8. The lowest BCUT2D eigenvalue weighted by molar-refractivity contribution is 0.0699. The zero-order valence-electron chi connectivity index (χ0n) is 12.8. The topological polar surface area (TPSA) is 88.1 Å². The predicted octanol–water partition coefficient (Wildman–Crippen LogP) is 3.48. The summed E-state index contributed by atoms with van der Waals surface area (Å²) >= 11 is 0. The summed E-state index contributed by atoms with van der Waals surface area (Å²) in [6.45, 7) is 0. The Morgan fingerprint density at radius 1 is 1.08 bits per heavy atom. The smallest absolute Gasteiger partial charge is 0.337 e. The van der Waals surface area contributed by atoms with Crippen molar-refractivity contribution >= 4 is 27.8 Å². The number of rotatable bonds is 3. The Bertz CT molecular complexity index is 1090. The normalized spacial score (nSPS) is 11.0. The Morgan fingerprint density at radius 2 is 1.92 bits per heavy atom. The van der Waals surface area contributed by atoms with Crippen LogP contribution in [0, 0.1) is 0 Å². The summed E-state index contributed by atoms with van der Waals surface area (Å²) in [5.41, 5.74) is 3.01. The maximum Gasteiger partial charge on any atom is 0.337 e. The zero-order chi connectivity index (χ0) is 16.7. The van der Waals surface area contributed by atoms with Crippen LogP contribution in [0.3, 0.4) is 0 Å². The molecule has 0 atom stereocenters. The molecule has 0 radical (unpaired) electrons. The minimum absolute atomic E-state index is 0.172. The number of hydrogen-bond acceptors (Lipinski definition) is 4. The highest BCUT2D eigenvalue weighted by Crippen LogP contribution is 2.35. The molecule has 2 N–H and O–H groups in total. The molecule has 0 aliphatic carbocycles. The summed E-state index contributed by atoms with van der Waals surface area (Å²) in [5.74, 6) is -0.315. The highest BCUT2D eigenvalue weighted by Gasteiger charge is 2.17. The molecule has 0 unspecified atom stereocenters. The van der Waals surface area contributed by atoms with E-state index in [-0.39, 0.29) is 5.56 Å². The van der Waals surface area contributed by atoms with Gasteiger partial charge in [0.15, 0.2) is 0 Å². The van der Waals surface area contributed by atoms with Crippen molar-refractivity contribution in [2.24, 2.45) is 0 Å². The van der Waals surface area contributed by atoms with Crippen LogP contribution in [0.5, 0.6) is 5.75 Å². The van der Waals surface area contributed by atoms with Crippen molar-refractivity contribution in [1.29, 1.82) is 0 Å². The molecule has 4 aromatic rings. The highest BCUT2D eigenvalue weighted by molar-refractivity contribution is 6.09. The van der Waals surface area contributed by atoms with Crippen molar-refractivity contribution in [3.05, 3.63) is 54.2 Å². The SMILES string of the molecule is COc1ccc(-c2[nH]nc3c(C(=O)O)cccc23)c2cccnc12. The van der Waals surface area contributed by atoms with E-state index >= 15 is 0 Å². The largest absolute Gasteiger partial charge is 0.494 e. The van der Waals surface area contributed by atoms with Gasteiger partial charge in [-0.1, -0.05) is 18.2 Å². The second-order valence-electron chi connectivity index (χ2n) is 5.32. The molecular weight excluding hydrogens is 306 g/mol. The van der Waals surface area contributed by atoms with E-state index in [4.69, 9.17) is 4.74 Å². The molecule has 6 heteroatoms. The molecule has 0 aliphatic heterocycles. The lowest BCUT2D eigenvalue weighted by Gasteiger charge is -2.08. The fourth-order valence-electron chi connectivity index (χ4n) is 2.95. The number of nitrogens with zero attached hydrogens (tertiary/aromatic N) is 2. The van der Waals surface area contributed by atoms with Crippen LogP contribution in [0.15, 0.2) is 48.7 Å². The van der Waals surface area contributed by atoms with Gasteiger partial charge >= 0.3 is 5.97 Å². The molecule has 0 saturated heterocycles. The summed E-state index contributed by atoms with van der Waals surface area (Å²) in [6.07, 6.45) is 1.71. The second kappa shape index (κ2) is 5.34. The van der Waals surface area contributed by atoms with Crippen molar-refractivity contribution in [2.75, 3.05) is 7.11 Å². The number of methoxy groups -OCH3 is 1. The van der Waals surface area contributed by atoms with Crippen LogP contribution in [0.1, 0.15) is 10.4 Å². The summed E-state index contributed by atoms with van der Waals surface area (Å²) in [4.78, 5) is 15.8. The standard InChI is InChI=1S/C18H13N3O3/c1-24-14-8-7-11(10-6-3-9-19-17(10)14)15-12-4-2-5-13(18(22)23)16(12)21-20-15/h2-9H,1H3,(H,20,21)(H,22,23). The summed E-state index contributed by atoms with van der Waals surface area (Å²) in [7, 11) is 1.61. The monoisotopic (exact) mass is 319 g/mol. The molecule has 2 aromatic carbocycles. The van der Waals surface area contributed by atoms with Gasteiger partial charge in [0.2, 0.25) is 0 Å². The number of benzene rings is 2. The number of carbonyl (C=O) groups is 1. The van der Waals surface area contributed by atoms with Gasteiger partial charge in [-0.15, -0.1) is 0 Å². The number of nitrogens with one attached hydrogen (secondary N) is 1. The first-order valence-electron chi connectivity index (χ1n) is 7.33. The van der Waals surface area contributed by atoms with Crippen LogP contribution in [-0.4, -0.2) is 33.4 Å². The first-order chi connectivity index (χ1) is 11.7. The van der Waals surface area contributed by atoms with Gasteiger partial charge in [-0.05, 0) is 24.3 Å². The third-order valence-corrected chi connectivity index (χ3v) is 4.04. The van der Waals surface area contributed by atoms with E-state index in [1.807, 2.05) is 30.3 Å². The number of carboxylic acids is 1. The first kappa shape index (κ1) is 14.2. The van der Waals surface area contributed by atoms with Crippen LogP contribution >= 0.6 is 0 Å². The van der Waals surface area contributed by atoms with Crippen LogP contribution in [-0.2, 0) is 0 Å². The van der Waals surface area contributed by atoms with E-state index in [1.54, 1.807) is 25.4 Å². The fourth-order valence-corrected chi connectivity index (χ4v) is 2.95. The fraction of sp³-hybridized carbons (Fsp3) is 0.0556. The molecule has 24 heavy (non-hydrogen) atoms. The molecule has 0 bridgehead atoms. The number of aromatic nitrogens is 3. The Kier molecular flexibility index (Phi) is 3.16. The third-order valence-electron chi connectivity index (χ3n) is 4.04. The lowest BCUT2D eigenvalue weighted by atomic mass is 10.0. The number of aromatic amines is 1. The van der Waals surface area contributed by atoms with Crippen LogP contribution in [0.2, 0.25) is 0 Å². The van der Waals surface area contributed by atoms with Crippen molar-refractivity contribution in [3.63, 3.8) is 0 Å². The molecule has 2 heterocycles. The molecule has 118 valence electrons. The van der Waals surface area contributed by atoms with E-state index in [9.17, 15) is 9.90 Å². The Morgan fingerprint density at radius 3 is 2.71 bits per heavy atom. The van der Waals surface area contributed by atoms with Gasteiger partial charge in [-0.2, -0.15) is 5.10 Å². The van der Waals surface area contributed by atoms with Crippen molar-refractivity contribution in [2.45, 2.75) is 0 Å². The van der Waals surface area contributed by atoms with Gasteiger partial charge in [0.1, 0.15) is 16.8 Å². The second-order valence-corrected chi connectivity index (χ2v) is 5.32. The molecular formula is C18H13N3O3. The van der Waals surface area contributed by atoms with Gasteiger partial charge < -0.3 is 9.84 Å². The number of H-pyrrole nitrogens is 1. The molecule has 6 nitrogen and oxygen atoms in total. The maximum absolute atomic E-state index is 11.4. The molecule has 0 spiro atoms. The van der Waals surface area contributed by atoms with Crippen molar-refractivity contribution < 1.29 is 14.6 Å². The van der Waals surface area contributed by atoms with Crippen LogP contribution < -0.4 is 4.74 Å². The molecule has 2 aromatic heterocycles. The van der Waals surface area contributed by atoms with Crippen LogP contribution in [0.25, 0.3) is 33.1 Å². The van der Waals surface area contributed by atoms with E-state index in [0.29, 0.717) is 11.3 Å². The summed E-state index contributed by atoms with van der Waals surface area (Å²) < 4.78 is 5.37. The number of hydrogen-bond donors (Lipinski definition) is 2. The van der Waals surface area contributed by atoms with Crippen molar-refractivity contribution in [1.82, 2.24) is 15.2 Å². The average molecular weight is 319 g/mol. The van der Waals surface area contributed by atoms with Gasteiger partial charge in [-0.25, -0.2) is 4.79 Å². The first-order valence-corrected chi connectivity index (χ1v) is 7.33. The lowest BCUT2D eigenvalue weighted by Crippen LogP contribution is -1.96. The quantitative estimate of drug-likeness (QED) is 0.603. The molecule has 0 aliphatic rings. The number of aromatic carboxylic acids is 1. The highest BCUT2D eigenvalue weighted by atomic mass is 16.5. The number of ether oxygens (including phenoxy) is 1. The Balaban J connectivity index is 2.04. The molecule has 4 rings (SSSR count). The van der Waals surface area contributed by atoms with Gasteiger partial charge in [0, 0.05) is 22.5 Å². The van der Waals surface area contributed by atoms with E-state index < -0.39 is 5.97 Å². The number of fused-ring (bicyclic) bond motifs is 2. The molecule has 0 fully saturated rings. The number of pyridine rings is 1. The predicted molar refractivity (Wildman–Crippen MR) is 90.3 cm³/mol. The van der Waals surface area contributed by atoms with E-state index in [2.05, 4.69) is 15.2 Å². The van der Waals surface area contributed by atoms with E-state index in [1.165, 1.54) is 0 Å². The summed E-state index contributed by atoms with van der Waals surface area (Å²) in [6, 6.07) is 12.7. The summed E-state index contributed by atoms with van der Waals surface area (Å²) in [5, 5.41) is 18.2. The number of carboxylic acid groups (broad SMARTS) is 1. The molecule has 0 amide bonds. The number of para-hydroxylation sites is 1. The molecule has 0 saturated carbocycles. The Hall–Kier alpha value is -3.41.